The number of Topliss-reactive ketones (excluding diaryl/α,β-unsaturated/α-hetero) is 1. The summed E-state index contributed by atoms with van der Waals surface area (Å²) in [6, 6.07) is 0. The lowest BCUT2D eigenvalue weighted by Crippen LogP contribution is -2.41. The Morgan fingerprint density at radius 2 is 2.13 bits per heavy atom. The second-order valence-corrected chi connectivity index (χ2v) is 5.01. The van der Waals surface area contributed by atoms with Crippen LogP contribution in [0.1, 0.15) is 45.4 Å². The molecule has 1 aliphatic carbocycles. The van der Waals surface area contributed by atoms with Crippen molar-refractivity contribution in [2.24, 2.45) is 5.92 Å². The van der Waals surface area contributed by atoms with E-state index in [1.54, 1.807) is 6.92 Å². The van der Waals surface area contributed by atoms with Crippen molar-refractivity contribution in [1.82, 2.24) is 0 Å². The molecular weight excluding hydrogens is 192 g/mol. The first-order chi connectivity index (χ1) is 7.13. The smallest absolute Gasteiger partial charge is 0.164 e. The van der Waals surface area contributed by atoms with E-state index in [0.29, 0.717) is 6.61 Å². The summed E-state index contributed by atoms with van der Waals surface area (Å²) < 4.78 is 5.85. The minimum absolute atomic E-state index is 0.00424. The van der Waals surface area contributed by atoms with Crippen LogP contribution in [0.25, 0.3) is 0 Å². The van der Waals surface area contributed by atoms with Gasteiger partial charge in [-0.05, 0) is 32.6 Å². The third-order valence-electron chi connectivity index (χ3n) is 3.82. The molecule has 0 aromatic heterocycles. The van der Waals surface area contributed by atoms with Gasteiger partial charge in [-0.1, -0.05) is 12.8 Å². The monoisotopic (exact) mass is 212 g/mol. The van der Waals surface area contributed by atoms with Crippen LogP contribution in [0.5, 0.6) is 0 Å². The summed E-state index contributed by atoms with van der Waals surface area (Å²) in [5, 5.41) is 9.31. The number of aliphatic hydroxyl groups is 1. The van der Waals surface area contributed by atoms with E-state index in [1.807, 2.05) is 0 Å². The van der Waals surface area contributed by atoms with Crippen molar-refractivity contribution in [2.75, 3.05) is 6.61 Å². The highest BCUT2D eigenvalue weighted by molar-refractivity contribution is 5.84. The fourth-order valence-corrected chi connectivity index (χ4v) is 2.98. The van der Waals surface area contributed by atoms with E-state index in [1.165, 1.54) is 12.8 Å². The van der Waals surface area contributed by atoms with E-state index in [0.717, 1.165) is 25.7 Å². The molecule has 2 rings (SSSR count). The summed E-state index contributed by atoms with van der Waals surface area (Å²) >= 11 is 0. The predicted octanol–water partition coefficient (Wildman–Crippen LogP) is 1.68. The largest absolute Gasteiger partial charge is 0.386 e. The van der Waals surface area contributed by atoms with Crippen LogP contribution in [-0.2, 0) is 9.53 Å². The summed E-state index contributed by atoms with van der Waals surface area (Å²) in [7, 11) is 0. The minimum Gasteiger partial charge on any atom is -0.386 e. The van der Waals surface area contributed by atoms with Crippen LogP contribution in [-0.4, -0.2) is 29.2 Å². The van der Waals surface area contributed by atoms with Crippen LogP contribution in [0.3, 0.4) is 0 Å². The number of ketones is 1. The Morgan fingerprint density at radius 1 is 1.47 bits per heavy atom. The van der Waals surface area contributed by atoms with E-state index in [2.05, 4.69) is 0 Å². The lowest BCUT2D eigenvalue weighted by Gasteiger charge is -2.38. The highest BCUT2D eigenvalue weighted by atomic mass is 16.5. The molecule has 0 aromatic rings. The molecule has 0 bridgehead atoms. The van der Waals surface area contributed by atoms with Crippen LogP contribution >= 0.6 is 0 Å². The molecule has 2 fully saturated rings. The summed E-state index contributed by atoms with van der Waals surface area (Å²) in [5.74, 6) is 0.0291. The normalized spacial score (nSPS) is 31.7. The van der Waals surface area contributed by atoms with Gasteiger partial charge < -0.3 is 9.84 Å². The predicted molar refractivity (Wildman–Crippen MR) is 56.6 cm³/mol. The van der Waals surface area contributed by atoms with Crippen molar-refractivity contribution < 1.29 is 14.6 Å². The zero-order chi connectivity index (χ0) is 10.9. The lowest BCUT2D eigenvalue weighted by molar-refractivity contribution is -0.143. The maximum atomic E-state index is 11.7. The Balaban J connectivity index is 2.00. The van der Waals surface area contributed by atoms with Crippen LogP contribution in [0.2, 0.25) is 0 Å². The third-order valence-corrected chi connectivity index (χ3v) is 3.82. The van der Waals surface area contributed by atoms with Crippen molar-refractivity contribution in [1.29, 1.82) is 0 Å². The first-order valence-corrected chi connectivity index (χ1v) is 5.99. The van der Waals surface area contributed by atoms with E-state index >= 15 is 0 Å². The molecular formula is C12H20O3. The molecule has 3 nitrogen and oxygen atoms in total. The Morgan fingerprint density at radius 3 is 2.73 bits per heavy atom. The molecule has 0 amide bonds. The van der Waals surface area contributed by atoms with Crippen LogP contribution in [0, 0.1) is 5.92 Å². The Labute approximate surface area is 90.8 Å². The second kappa shape index (κ2) is 4.22. The summed E-state index contributed by atoms with van der Waals surface area (Å²) in [6.45, 7) is 2.25. The molecule has 1 saturated heterocycles. The molecule has 2 atom stereocenters. The van der Waals surface area contributed by atoms with Gasteiger partial charge in [0, 0.05) is 12.5 Å². The van der Waals surface area contributed by atoms with Gasteiger partial charge in [-0.2, -0.15) is 0 Å². The van der Waals surface area contributed by atoms with E-state index in [4.69, 9.17) is 4.74 Å². The van der Waals surface area contributed by atoms with Crippen LogP contribution < -0.4 is 0 Å². The number of ether oxygens (including phenoxy) is 1. The zero-order valence-electron chi connectivity index (χ0n) is 9.37. The molecule has 1 saturated carbocycles. The van der Waals surface area contributed by atoms with Crippen molar-refractivity contribution in [2.45, 2.75) is 57.2 Å². The average Bonchev–Trinajstić information content (AvgIpc) is 2.65. The molecule has 2 unspecified atom stereocenters. The van der Waals surface area contributed by atoms with Crippen molar-refractivity contribution >= 4 is 5.78 Å². The summed E-state index contributed by atoms with van der Waals surface area (Å²) in [5.41, 5.74) is -0.0204. The summed E-state index contributed by atoms with van der Waals surface area (Å²) in [6.07, 6.45) is 5.42. The highest BCUT2D eigenvalue weighted by Crippen LogP contribution is 2.42. The van der Waals surface area contributed by atoms with Gasteiger partial charge >= 0.3 is 0 Å². The maximum absolute atomic E-state index is 11.7. The fourth-order valence-electron chi connectivity index (χ4n) is 2.98. The number of hydrogen-bond donors (Lipinski definition) is 1. The van der Waals surface area contributed by atoms with Crippen molar-refractivity contribution in [3.63, 3.8) is 0 Å². The van der Waals surface area contributed by atoms with Crippen molar-refractivity contribution in [3.8, 4) is 0 Å². The van der Waals surface area contributed by atoms with Crippen molar-refractivity contribution in [3.05, 3.63) is 0 Å². The molecule has 15 heavy (non-hydrogen) atoms. The van der Waals surface area contributed by atoms with Crippen LogP contribution in [0.4, 0.5) is 0 Å². The Hall–Kier alpha value is -0.410. The second-order valence-electron chi connectivity index (χ2n) is 5.01. The van der Waals surface area contributed by atoms with Gasteiger partial charge in [0.2, 0.25) is 0 Å². The van der Waals surface area contributed by atoms with Gasteiger partial charge in [-0.3, -0.25) is 4.79 Å². The van der Waals surface area contributed by atoms with Gasteiger partial charge in [0.1, 0.15) is 6.10 Å². The van der Waals surface area contributed by atoms with Gasteiger partial charge in [-0.25, -0.2) is 0 Å². The number of carbonyl (C=O) groups is 1. The maximum Gasteiger partial charge on any atom is 0.164 e. The standard InChI is InChI=1S/C12H20O3/c1-9(13)11(14)10-4-7-15-12(8-10)5-2-3-6-12/h9-10,13H,2-8H2,1H3. The summed E-state index contributed by atoms with van der Waals surface area (Å²) in [4.78, 5) is 11.7. The van der Waals surface area contributed by atoms with Gasteiger partial charge in [0.25, 0.3) is 0 Å². The number of rotatable bonds is 2. The average molecular weight is 212 g/mol. The first kappa shape index (κ1) is 11.1. The Kier molecular flexibility index (Phi) is 3.12. The quantitative estimate of drug-likeness (QED) is 0.757. The molecule has 1 heterocycles. The van der Waals surface area contributed by atoms with E-state index in [-0.39, 0.29) is 17.3 Å². The fraction of sp³-hybridized carbons (Fsp3) is 0.917. The minimum atomic E-state index is -0.813. The molecule has 0 aromatic carbocycles. The molecule has 86 valence electrons. The molecule has 2 aliphatic rings. The third kappa shape index (κ3) is 2.23. The molecule has 3 heteroatoms. The van der Waals surface area contributed by atoms with Crippen LogP contribution in [0.15, 0.2) is 0 Å². The van der Waals surface area contributed by atoms with Gasteiger partial charge in [0.15, 0.2) is 5.78 Å². The first-order valence-electron chi connectivity index (χ1n) is 5.99. The SMILES string of the molecule is CC(O)C(=O)C1CCOC2(CCCC2)C1. The highest BCUT2D eigenvalue weighted by Gasteiger charge is 2.42. The van der Waals surface area contributed by atoms with Gasteiger partial charge in [0.05, 0.1) is 5.60 Å². The Bertz CT molecular complexity index is 241. The number of carbonyl (C=O) groups excluding carboxylic acids is 1. The molecule has 1 aliphatic heterocycles. The van der Waals surface area contributed by atoms with Gasteiger partial charge in [-0.15, -0.1) is 0 Å². The molecule has 1 spiro atoms. The number of hydrogen-bond acceptors (Lipinski definition) is 3. The van der Waals surface area contributed by atoms with E-state index in [9.17, 15) is 9.90 Å². The zero-order valence-corrected chi connectivity index (χ0v) is 9.37. The topological polar surface area (TPSA) is 46.5 Å². The lowest BCUT2D eigenvalue weighted by atomic mass is 9.81. The number of aliphatic hydroxyl groups excluding tert-OH is 1. The van der Waals surface area contributed by atoms with E-state index < -0.39 is 6.10 Å². The molecule has 0 radical (unpaired) electrons. The molecule has 1 N–H and O–H groups in total.